The number of anilines is 1. The molecule has 1 atom stereocenters. The van der Waals surface area contributed by atoms with E-state index in [9.17, 15) is 4.79 Å². The van der Waals surface area contributed by atoms with Gasteiger partial charge in [0, 0.05) is 5.69 Å². The van der Waals surface area contributed by atoms with Gasteiger partial charge in [-0.15, -0.1) is 0 Å². The lowest BCUT2D eigenvalue weighted by Gasteiger charge is -2.13. The number of ether oxygens (including phenoxy) is 1. The topological polar surface area (TPSA) is 70.1 Å². The minimum absolute atomic E-state index is 0.288. The van der Waals surface area contributed by atoms with E-state index in [0.717, 1.165) is 16.9 Å². The van der Waals surface area contributed by atoms with E-state index in [1.807, 2.05) is 17.6 Å². The van der Waals surface area contributed by atoms with Crippen molar-refractivity contribution in [2.75, 3.05) is 12.8 Å². The highest BCUT2D eigenvalue weighted by molar-refractivity contribution is 5.83. The molecule has 0 bridgehead atoms. The second kappa shape index (κ2) is 4.08. The Balaban J connectivity index is 2.61. The Hall–Kier alpha value is -2.04. The van der Waals surface area contributed by atoms with E-state index in [1.54, 1.807) is 19.1 Å². The van der Waals surface area contributed by atoms with E-state index in [0.29, 0.717) is 5.69 Å². The number of nitrogens with zero attached hydrogens (tertiary/aromatic N) is 2. The predicted molar refractivity (Wildman–Crippen MR) is 65.6 cm³/mol. The molecule has 0 spiro atoms. The van der Waals surface area contributed by atoms with Gasteiger partial charge >= 0.3 is 5.97 Å². The number of rotatable bonds is 2. The van der Waals surface area contributed by atoms with E-state index in [-0.39, 0.29) is 5.97 Å². The molecule has 2 rings (SSSR count). The van der Waals surface area contributed by atoms with Crippen LogP contribution in [0.3, 0.4) is 0 Å². The fraction of sp³-hybridized carbons (Fsp3) is 0.333. The normalized spacial score (nSPS) is 12.6. The molecule has 0 aliphatic heterocycles. The van der Waals surface area contributed by atoms with Crippen LogP contribution in [-0.4, -0.2) is 22.6 Å². The first kappa shape index (κ1) is 11.4. The summed E-state index contributed by atoms with van der Waals surface area (Å²) in [5.74, 6) is 0.479. The zero-order valence-electron chi connectivity index (χ0n) is 10.1. The van der Waals surface area contributed by atoms with Gasteiger partial charge in [-0.2, -0.15) is 0 Å². The molecule has 0 aliphatic carbocycles. The minimum atomic E-state index is -0.395. The highest BCUT2D eigenvalue weighted by atomic mass is 16.5. The molecule has 5 nitrogen and oxygen atoms in total. The average molecular weight is 233 g/mol. The van der Waals surface area contributed by atoms with Crippen LogP contribution in [0.2, 0.25) is 0 Å². The van der Waals surface area contributed by atoms with Crippen molar-refractivity contribution in [1.82, 2.24) is 9.55 Å². The van der Waals surface area contributed by atoms with Gasteiger partial charge in [0.1, 0.15) is 11.9 Å². The summed E-state index contributed by atoms with van der Waals surface area (Å²) >= 11 is 0. The van der Waals surface area contributed by atoms with Crippen molar-refractivity contribution in [3.8, 4) is 0 Å². The number of esters is 1. The first-order valence-corrected chi connectivity index (χ1v) is 5.36. The van der Waals surface area contributed by atoms with Gasteiger partial charge in [-0.25, -0.2) is 9.78 Å². The second-order valence-corrected chi connectivity index (χ2v) is 3.98. The lowest BCUT2D eigenvalue weighted by atomic mass is 10.2. The molecule has 5 heteroatoms. The smallest absolute Gasteiger partial charge is 0.328 e. The summed E-state index contributed by atoms with van der Waals surface area (Å²) in [4.78, 5) is 16.0. The number of hydrogen-bond donors (Lipinski definition) is 1. The van der Waals surface area contributed by atoms with E-state index in [1.165, 1.54) is 7.11 Å². The minimum Gasteiger partial charge on any atom is -0.467 e. The molecule has 90 valence electrons. The molecule has 2 N–H and O–H groups in total. The van der Waals surface area contributed by atoms with Crippen molar-refractivity contribution >= 4 is 22.7 Å². The molecule has 0 saturated carbocycles. The van der Waals surface area contributed by atoms with Crippen molar-refractivity contribution in [2.24, 2.45) is 0 Å². The summed E-state index contributed by atoms with van der Waals surface area (Å²) < 4.78 is 6.60. The molecule has 0 saturated heterocycles. The summed E-state index contributed by atoms with van der Waals surface area (Å²) in [5, 5.41) is 0. The molecular weight excluding hydrogens is 218 g/mol. The number of benzene rings is 1. The Bertz CT molecular complexity index is 574. The predicted octanol–water partition coefficient (Wildman–Crippen LogP) is 1.66. The molecule has 0 radical (unpaired) electrons. The quantitative estimate of drug-likeness (QED) is 0.632. The number of imidazole rings is 1. The number of hydrogen-bond acceptors (Lipinski definition) is 4. The van der Waals surface area contributed by atoms with Crippen molar-refractivity contribution < 1.29 is 9.53 Å². The molecule has 1 unspecified atom stereocenters. The Morgan fingerprint density at radius 1 is 1.53 bits per heavy atom. The first-order chi connectivity index (χ1) is 8.04. The molecule has 0 aliphatic rings. The number of carbonyl (C=O) groups excluding carboxylic acids is 1. The lowest BCUT2D eigenvalue weighted by molar-refractivity contribution is -0.143. The van der Waals surface area contributed by atoms with E-state index in [4.69, 9.17) is 10.5 Å². The summed E-state index contributed by atoms with van der Waals surface area (Å²) in [5.41, 5.74) is 8.04. The summed E-state index contributed by atoms with van der Waals surface area (Å²) in [7, 11) is 1.38. The largest absolute Gasteiger partial charge is 0.467 e. The zero-order chi connectivity index (χ0) is 12.6. The van der Waals surface area contributed by atoms with Gasteiger partial charge in [-0.3, -0.25) is 0 Å². The van der Waals surface area contributed by atoms with Crippen molar-refractivity contribution in [3.05, 3.63) is 24.0 Å². The van der Waals surface area contributed by atoms with Gasteiger partial charge in [-0.1, -0.05) is 0 Å². The third kappa shape index (κ3) is 1.84. The maximum Gasteiger partial charge on any atom is 0.328 e. The van der Waals surface area contributed by atoms with Gasteiger partial charge < -0.3 is 15.0 Å². The van der Waals surface area contributed by atoms with Crippen LogP contribution in [-0.2, 0) is 9.53 Å². The van der Waals surface area contributed by atoms with Gasteiger partial charge in [0.25, 0.3) is 0 Å². The number of aromatic nitrogens is 2. The molecule has 0 fully saturated rings. The van der Waals surface area contributed by atoms with E-state index < -0.39 is 6.04 Å². The molecule has 1 heterocycles. The highest BCUT2D eigenvalue weighted by Crippen LogP contribution is 2.23. The number of aryl methyl sites for hydroxylation is 1. The Kier molecular flexibility index (Phi) is 2.75. The molecule has 1 aromatic carbocycles. The number of methoxy groups -OCH3 is 1. The van der Waals surface area contributed by atoms with Crippen LogP contribution in [0, 0.1) is 6.92 Å². The summed E-state index contributed by atoms with van der Waals surface area (Å²) in [6.07, 6.45) is 0. The van der Waals surface area contributed by atoms with Gasteiger partial charge in [0.05, 0.1) is 18.1 Å². The Morgan fingerprint density at radius 2 is 2.24 bits per heavy atom. The maximum atomic E-state index is 11.6. The van der Waals surface area contributed by atoms with Crippen LogP contribution in [0.25, 0.3) is 11.0 Å². The van der Waals surface area contributed by atoms with Crippen LogP contribution in [0.4, 0.5) is 5.69 Å². The van der Waals surface area contributed by atoms with E-state index >= 15 is 0 Å². The average Bonchev–Trinajstić information content (AvgIpc) is 2.62. The first-order valence-electron chi connectivity index (χ1n) is 5.36. The summed E-state index contributed by atoms with van der Waals surface area (Å²) in [6.45, 7) is 3.64. The van der Waals surface area contributed by atoms with Crippen LogP contribution in [0.1, 0.15) is 18.8 Å². The third-order valence-corrected chi connectivity index (χ3v) is 2.82. The lowest BCUT2D eigenvalue weighted by Crippen LogP contribution is -2.18. The van der Waals surface area contributed by atoms with Gasteiger partial charge in [-0.05, 0) is 32.0 Å². The SMILES string of the molecule is COC(=O)C(C)n1c(C)nc2cc(N)ccc21. The van der Waals surface area contributed by atoms with Crippen LogP contribution >= 0.6 is 0 Å². The van der Waals surface area contributed by atoms with Crippen molar-refractivity contribution in [2.45, 2.75) is 19.9 Å². The fourth-order valence-electron chi connectivity index (χ4n) is 2.00. The van der Waals surface area contributed by atoms with Crippen molar-refractivity contribution in [3.63, 3.8) is 0 Å². The number of nitrogens with two attached hydrogens (primary N) is 1. The maximum absolute atomic E-state index is 11.6. The zero-order valence-corrected chi connectivity index (χ0v) is 10.1. The monoisotopic (exact) mass is 233 g/mol. The molecule has 0 amide bonds. The highest BCUT2D eigenvalue weighted by Gasteiger charge is 2.20. The molecule has 2 aromatic rings. The van der Waals surface area contributed by atoms with Crippen LogP contribution in [0.15, 0.2) is 18.2 Å². The fourth-order valence-corrected chi connectivity index (χ4v) is 2.00. The molecule has 17 heavy (non-hydrogen) atoms. The molecular formula is C12H15N3O2. The Morgan fingerprint density at radius 3 is 2.88 bits per heavy atom. The van der Waals surface area contributed by atoms with Gasteiger partial charge in [0.2, 0.25) is 0 Å². The molecule has 1 aromatic heterocycles. The third-order valence-electron chi connectivity index (χ3n) is 2.82. The number of carbonyl (C=O) groups is 1. The standard InChI is InChI=1S/C12H15N3O2/c1-7(12(16)17-3)15-8(2)14-10-6-9(13)4-5-11(10)15/h4-7H,13H2,1-3H3. The van der Waals surface area contributed by atoms with Crippen molar-refractivity contribution in [1.29, 1.82) is 0 Å². The summed E-state index contributed by atoms with van der Waals surface area (Å²) in [6, 6.07) is 5.06. The second-order valence-electron chi connectivity index (χ2n) is 3.98. The Labute approximate surface area is 99.2 Å². The number of fused-ring (bicyclic) bond motifs is 1. The van der Waals surface area contributed by atoms with Gasteiger partial charge in [0.15, 0.2) is 0 Å². The number of nitrogen functional groups attached to an aromatic ring is 1. The van der Waals surface area contributed by atoms with E-state index in [2.05, 4.69) is 4.98 Å². The van der Waals surface area contributed by atoms with Crippen LogP contribution in [0.5, 0.6) is 0 Å². The van der Waals surface area contributed by atoms with Crippen LogP contribution < -0.4 is 5.73 Å².